The molecule has 0 fully saturated rings. The van der Waals surface area contributed by atoms with E-state index in [-0.39, 0.29) is 5.56 Å². The maximum atomic E-state index is 13.0. The summed E-state index contributed by atoms with van der Waals surface area (Å²) < 4.78 is 14.6. The van der Waals surface area contributed by atoms with E-state index in [0.29, 0.717) is 17.9 Å². The van der Waals surface area contributed by atoms with Gasteiger partial charge < -0.3 is 5.11 Å². The molecule has 1 heterocycles. The van der Waals surface area contributed by atoms with Crippen molar-refractivity contribution in [2.75, 3.05) is 0 Å². The normalized spacial score (nSPS) is 10.5. The van der Waals surface area contributed by atoms with E-state index in [2.05, 4.69) is 10.2 Å². The summed E-state index contributed by atoms with van der Waals surface area (Å²) in [5.74, 6) is -1.15. The lowest BCUT2D eigenvalue weighted by Gasteiger charge is -2.08. The average molecular weight is 235 g/mol. The van der Waals surface area contributed by atoms with Crippen LogP contribution in [-0.4, -0.2) is 25.8 Å². The van der Waals surface area contributed by atoms with Crippen LogP contribution in [0.2, 0.25) is 0 Å². The number of carbonyl (C=O) groups is 1. The fourth-order valence-electron chi connectivity index (χ4n) is 1.59. The van der Waals surface area contributed by atoms with E-state index < -0.39 is 11.8 Å². The molecular weight excluding hydrogens is 225 g/mol. The maximum Gasteiger partial charge on any atom is 0.337 e. The lowest BCUT2D eigenvalue weighted by Crippen LogP contribution is -2.07. The Morgan fingerprint density at radius 1 is 1.53 bits per heavy atom. The average Bonchev–Trinajstić information content (AvgIpc) is 2.76. The second-order valence-electron chi connectivity index (χ2n) is 3.44. The zero-order chi connectivity index (χ0) is 12.4. The summed E-state index contributed by atoms with van der Waals surface area (Å²) in [6.07, 6.45) is 2.02. The van der Waals surface area contributed by atoms with Gasteiger partial charge in [0, 0.05) is 6.42 Å². The van der Waals surface area contributed by atoms with Crippen molar-refractivity contribution in [2.45, 2.75) is 13.3 Å². The molecule has 2 aromatic rings. The van der Waals surface area contributed by atoms with Gasteiger partial charge in [0.2, 0.25) is 0 Å². The molecule has 5 nitrogen and oxygen atoms in total. The Morgan fingerprint density at radius 2 is 2.29 bits per heavy atom. The molecular formula is C11H10FN3O2. The van der Waals surface area contributed by atoms with Crippen LogP contribution in [0, 0.1) is 5.82 Å². The highest BCUT2D eigenvalue weighted by Crippen LogP contribution is 2.17. The Bertz CT molecular complexity index is 566. The van der Waals surface area contributed by atoms with E-state index in [1.807, 2.05) is 6.92 Å². The molecule has 1 aromatic heterocycles. The predicted molar refractivity (Wildman–Crippen MR) is 57.7 cm³/mol. The molecule has 0 aliphatic rings. The Morgan fingerprint density at radius 3 is 2.94 bits per heavy atom. The van der Waals surface area contributed by atoms with Crippen molar-refractivity contribution >= 4 is 5.97 Å². The van der Waals surface area contributed by atoms with Crippen molar-refractivity contribution in [2.24, 2.45) is 0 Å². The molecule has 0 aliphatic carbocycles. The number of rotatable bonds is 3. The third-order valence-corrected chi connectivity index (χ3v) is 2.38. The Kier molecular flexibility index (Phi) is 2.86. The highest BCUT2D eigenvalue weighted by molar-refractivity contribution is 5.92. The molecule has 0 radical (unpaired) electrons. The first-order valence-corrected chi connectivity index (χ1v) is 5.05. The number of carboxylic acids is 1. The van der Waals surface area contributed by atoms with Crippen LogP contribution in [0.4, 0.5) is 4.39 Å². The standard InChI is InChI=1S/C11H10FN3O2/c1-2-10-14-13-6-15(10)9-4-3-7(12)5-8(9)11(16)17/h3-6H,2H2,1H3,(H,16,17). The topological polar surface area (TPSA) is 68.0 Å². The molecule has 0 spiro atoms. The zero-order valence-electron chi connectivity index (χ0n) is 9.09. The largest absolute Gasteiger partial charge is 0.478 e. The first-order valence-electron chi connectivity index (χ1n) is 5.05. The molecule has 0 aliphatic heterocycles. The van der Waals surface area contributed by atoms with E-state index in [4.69, 9.17) is 5.11 Å². The molecule has 0 atom stereocenters. The molecule has 6 heteroatoms. The van der Waals surface area contributed by atoms with E-state index >= 15 is 0 Å². The van der Waals surface area contributed by atoms with Crippen molar-refractivity contribution < 1.29 is 14.3 Å². The van der Waals surface area contributed by atoms with Crippen molar-refractivity contribution in [3.05, 3.63) is 41.7 Å². The summed E-state index contributed by atoms with van der Waals surface area (Å²) in [6.45, 7) is 1.88. The van der Waals surface area contributed by atoms with E-state index in [9.17, 15) is 9.18 Å². The summed E-state index contributed by atoms with van der Waals surface area (Å²) in [7, 11) is 0. The number of aryl methyl sites for hydroxylation is 1. The van der Waals surface area contributed by atoms with Crippen LogP contribution in [0.5, 0.6) is 0 Å². The van der Waals surface area contributed by atoms with Gasteiger partial charge in [0.25, 0.3) is 0 Å². The van der Waals surface area contributed by atoms with Gasteiger partial charge in [-0.25, -0.2) is 9.18 Å². The van der Waals surface area contributed by atoms with Gasteiger partial charge in [-0.2, -0.15) is 0 Å². The van der Waals surface area contributed by atoms with Gasteiger partial charge in [-0.3, -0.25) is 4.57 Å². The smallest absolute Gasteiger partial charge is 0.337 e. The predicted octanol–water partition coefficient (Wildman–Crippen LogP) is 1.67. The van der Waals surface area contributed by atoms with Gasteiger partial charge in [0.15, 0.2) is 0 Å². The second-order valence-corrected chi connectivity index (χ2v) is 3.44. The third-order valence-electron chi connectivity index (χ3n) is 2.38. The molecule has 2 rings (SSSR count). The quantitative estimate of drug-likeness (QED) is 0.878. The minimum Gasteiger partial charge on any atom is -0.478 e. The molecule has 1 aromatic carbocycles. The van der Waals surface area contributed by atoms with Crippen molar-refractivity contribution in [3.63, 3.8) is 0 Å². The minimum atomic E-state index is -1.18. The van der Waals surface area contributed by atoms with Crippen LogP contribution in [0.25, 0.3) is 5.69 Å². The highest BCUT2D eigenvalue weighted by atomic mass is 19.1. The number of carboxylic acid groups (broad SMARTS) is 1. The Balaban J connectivity index is 2.63. The first kappa shape index (κ1) is 11.3. The number of hydrogen-bond donors (Lipinski definition) is 1. The zero-order valence-corrected chi connectivity index (χ0v) is 9.09. The summed E-state index contributed by atoms with van der Waals surface area (Å²) in [5, 5.41) is 16.6. The van der Waals surface area contributed by atoms with E-state index in [1.54, 1.807) is 4.57 Å². The van der Waals surface area contributed by atoms with E-state index in [0.717, 1.165) is 6.07 Å². The molecule has 88 valence electrons. The minimum absolute atomic E-state index is 0.112. The van der Waals surface area contributed by atoms with Crippen molar-refractivity contribution in [1.82, 2.24) is 14.8 Å². The van der Waals surface area contributed by atoms with Crippen LogP contribution in [0.3, 0.4) is 0 Å². The summed E-state index contributed by atoms with van der Waals surface area (Å²) in [5.41, 5.74) is 0.250. The molecule has 0 amide bonds. The van der Waals surface area contributed by atoms with Gasteiger partial charge in [0.05, 0.1) is 11.3 Å². The molecule has 17 heavy (non-hydrogen) atoms. The van der Waals surface area contributed by atoms with Gasteiger partial charge in [-0.15, -0.1) is 10.2 Å². The number of nitrogens with zero attached hydrogens (tertiary/aromatic N) is 3. The van der Waals surface area contributed by atoms with Crippen molar-refractivity contribution in [1.29, 1.82) is 0 Å². The van der Waals surface area contributed by atoms with Gasteiger partial charge in [-0.05, 0) is 18.2 Å². The molecule has 0 saturated heterocycles. The van der Waals surface area contributed by atoms with Crippen molar-refractivity contribution in [3.8, 4) is 5.69 Å². The number of aromatic nitrogens is 3. The first-order chi connectivity index (χ1) is 8.13. The van der Waals surface area contributed by atoms with Gasteiger partial charge in [0.1, 0.15) is 18.0 Å². The SMILES string of the molecule is CCc1nncn1-c1ccc(F)cc1C(=O)O. The van der Waals surface area contributed by atoms with Crippen LogP contribution in [0.1, 0.15) is 23.1 Å². The second kappa shape index (κ2) is 4.32. The summed E-state index contributed by atoms with van der Waals surface area (Å²) >= 11 is 0. The van der Waals surface area contributed by atoms with Crippen LogP contribution >= 0.6 is 0 Å². The van der Waals surface area contributed by atoms with Crippen LogP contribution < -0.4 is 0 Å². The lowest BCUT2D eigenvalue weighted by atomic mass is 10.1. The fraction of sp³-hybridized carbons (Fsp3) is 0.182. The molecule has 0 saturated carbocycles. The monoisotopic (exact) mass is 235 g/mol. The number of aromatic carboxylic acids is 1. The van der Waals surface area contributed by atoms with Crippen LogP contribution in [-0.2, 0) is 6.42 Å². The Labute approximate surface area is 96.5 Å². The molecule has 1 N–H and O–H groups in total. The highest BCUT2D eigenvalue weighted by Gasteiger charge is 2.15. The fourth-order valence-corrected chi connectivity index (χ4v) is 1.59. The van der Waals surface area contributed by atoms with Gasteiger partial charge >= 0.3 is 5.97 Å². The molecule has 0 unspecified atom stereocenters. The number of hydrogen-bond acceptors (Lipinski definition) is 3. The van der Waals surface area contributed by atoms with E-state index in [1.165, 1.54) is 18.5 Å². The van der Waals surface area contributed by atoms with Gasteiger partial charge in [-0.1, -0.05) is 6.92 Å². The number of benzene rings is 1. The lowest BCUT2D eigenvalue weighted by molar-refractivity contribution is 0.0696. The Hall–Kier alpha value is -2.24. The third kappa shape index (κ3) is 2.01. The maximum absolute atomic E-state index is 13.0. The van der Waals surface area contributed by atoms with Crippen LogP contribution in [0.15, 0.2) is 24.5 Å². The summed E-state index contributed by atoms with van der Waals surface area (Å²) in [4.78, 5) is 11.0. The number of halogens is 1. The molecule has 0 bridgehead atoms. The summed E-state index contributed by atoms with van der Waals surface area (Å²) in [6, 6.07) is 3.60.